The maximum absolute atomic E-state index is 4.37. The van der Waals surface area contributed by atoms with Crippen molar-refractivity contribution in [2.45, 2.75) is 65.0 Å². The van der Waals surface area contributed by atoms with E-state index in [1.54, 1.807) is 19.3 Å². The van der Waals surface area contributed by atoms with Crippen molar-refractivity contribution in [1.29, 1.82) is 0 Å². The van der Waals surface area contributed by atoms with Gasteiger partial charge in [-0.3, -0.25) is 0 Å². The van der Waals surface area contributed by atoms with E-state index >= 15 is 0 Å². The van der Waals surface area contributed by atoms with Gasteiger partial charge in [-0.1, -0.05) is 0 Å². The third kappa shape index (κ3) is 2.23. The molecule has 20 heavy (non-hydrogen) atoms. The van der Waals surface area contributed by atoms with E-state index in [-0.39, 0.29) is 0 Å². The van der Waals surface area contributed by atoms with Gasteiger partial charge in [-0.25, -0.2) is 4.98 Å². The molecule has 1 unspecified atom stereocenters. The summed E-state index contributed by atoms with van der Waals surface area (Å²) >= 11 is 1.83. The number of rotatable bonds is 4. The van der Waals surface area contributed by atoms with Gasteiger partial charge < -0.3 is 5.32 Å². The molecular formula is C17H26N2S. The number of thiazole rings is 1. The van der Waals surface area contributed by atoms with Gasteiger partial charge in [0.2, 0.25) is 0 Å². The highest BCUT2D eigenvalue weighted by Gasteiger charge is 2.52. The van der Waals surface area contributed by atoms with Gasteiger partial charge in [-0.15, -0.1) is 11.3 Å². The SMILES string of the molecule is Cc1ncc(CNC(C)C23CC4CC(CC(C4)C2)C3)s1. The van der Waals surface area contributed by atoms with Crippen molar-refractivity contribution in [2.24, 2.45) is 23.2 Å². The second-order valence-corrected chi connectivity index (χ2v) is 9.05. The first-order valence-corrected chi connectivity index (χ1v) is 9.09. The lowest BCUT2D eigenvalue weighted by Gasteiger charge is -2.59. The molecular weight excluding hydrogens is 264 g/mol. The van der Waals surface area contributed by atoms with E-state index in [0.29, 0.717) is 11.5 Å². The Morgan fingerprint density at radius 1 is 1.25 bits per heavy atom. The Morgan fingerprint density at radius 2 is 1.85 bits per heavy atom. The molecule has 0 spiro atoms. The Hall–Kier alpha value is -0.410. The van der Waals surface area contributed by atoms with Gasteiger partial charge in [0.15, 0.2) is 0 Å². The van der Waals surface area contributed by atoms with Gasteiger partial charge >= 0.3 is 0 Å². The topological polar surface area (TPSA) is 24.9 Å². The molecule has 2 nitrogen and oxygen atoms in total. The van der Waals surface area contributed by atoms with E-state index in [1.165, 1.54) is 29.1 Å². The van der Waals surface area contributed by atoms with Crippen LogP contribution < -0.4 is 5.32 Å². The van der Waals surface area contributed by atoms with Crippen LogP contribution in [-0.2, 0) is 6.54 Å². The zero-order valence-corrected chi connectivity index (χ0v) is 13.5. The molecule has 4 fully saturated rings. The first kappa shape index (κ1) is 13.3. The Kier molecular flexibility index (Phi) is 3.19. The number of hydrogen-bond acceptors (Lipinski definition) is 3. The van der Waals surface area contributed by atoms with Crippen molar-refractivity contribution in [2.75, 3.05) is 0 Å². The summed E-state index contributed by atoms with van der Waals surface area (Å²) in [5.41, 5.74) is 0.620. The second-order valence-electron chi connectivity index (χ2n) is 7.73. The smallest absolute Gasteiger partial charge is 0.0897 e. The lowest BCUT2D eigenvalue weighted by molar-refractivity contribution is -0.0706. The average molecular weight is 290 g/mol. The van der Waals surface area contributed by atoms with Gasteiger partial charge in [0.1, 0.15) is 0 Å². The standard InChI is InChI=1S/C17H26N2S/c1-11(18-9-16-10-19-12(2)20-16)17-6-13-3-14(7-17)5-15(4-13)8-17/h10-11,13-15,18H,3-9H2,1-2H3. The summed E-state index contributed by atoms with van der Waals surface area (Å²) in [4.78, 5) is 5.75. The number of nitrogens with one attached hydrogen (secondary N) is 1. The lowest BCUT2D eigenvalue weighted by Crippen LogP contribution is -2.54. The van der Waals surface area contributed by atoms with Crippen LogP contribution in [-0.4, -0.2) is 11.0 Å². The van der Waals surface area contributed by atoms with Crippen molar-refractivity contribution in [3.63, 3.8) is 0 Å². The maximum Gasteiger partial charge on any atom is 0.0897 e. The molecule has 1 heterocycles. The molecule has 3 heteroatoms. The molecule has 1 aromatic rings. The number of aromatic nitrogens is 1. The number of nitrogens with zero attached hydrogens (tertiary/aromatic N) is 1. The summed E-state index contributed by atoms with van der Waals surface area (Å²) in [6.07, 6.45) is 11.2. The number of hydrogen-bond donors (Lipinski definition) is 1. The predicted molar refractivity (Wildman–Crippen MR) is 83.8 cm³/mol. The summed E-state index contributed by atoms with van der Waals surface area (Å²) in [5.74, 6) is 3.16. The minimum absolute atomic E-state index is 0.620. The van der Waals surface area contributed by atoms with Crippen molar-refractivity contribution in [1.82, 2.24) is 10.3 Å². The van der Waals surface area contributed by atoms with Crippen LogP contribution in [0.15, 0.2) is 6.20 Å². The molecule has 4 aliphatic carbocycles. The van der Waals surface area contributed by atoms with Crippen molar-refractivity contribution in [3.8, 4) is 0 Å². The fourth-order valence-corrected chi connectivity index (χ4v) is 6.41. The highest BCUT2D eigenvalue weighted by atomic mass is 32.1. The summed E-state index contributed by atoms with van der Waals surface area (Å²) in [6.45, 7) is 5.55. The number of aryl methyl sites for hydroxylation is 1. The van der Waals surface area contributed by atoms with Gasteiger partial charge in [-0.2, -0.15) is 0 Å². The van der Waals surface area contributed by atoms with Crippen LogP contribution in [0.2, 0.25) is 0 Å². The van der Waals surface area contributed by atoms with Crippen LogP contribution in [0.4, 0.5) is 0 Å². The third-order valence-corrected chi connectivity index (χ3v) is 7.17. The van der Waals surface area contributed by atoms with E-state index in [0.717, 1.165) is 24.3 Å². The van der Waals surface area contributed by atoms with Crippen LogP contribution in [0.1, 0.15) is 55.3 Å². The van der Waals surface area contributed by atoms with Crippen LogP contribution in [0, 0.1) is 30.1 Å². The van der Waals surface area contributed by atoms with Crippen LogP contribution in [0.5, 0.6) is 0 Å². The largest absolute Gasteiger partial charge is 0.309 e. The van der Waals surface area contributed by atoms with Crippen molar-refractivity contribution >= 4 is 11.3 Å². The summed E-state index contributed by atoms with van der Waals surface area (Å²) < 4.78 is 0. The molecule has 4 bridgehead atoms. The van der Waals surface area contributed by atoms with Gasteiger partial charge in [0.25, 0.3) is 0 Å². The Morgan fingerprint density at radius 3 is 2.35 bits per heavy atom. The molecule has 0 radical (unpaired) electrons. The summed E-state index contributed by atoms with van der Waals surface area (Å²) in [7, 11) is 0. The van der Waals surface area contributed by atoms with E-state index in [1.807, 2.05) is 17.5 Å². The molecule has 4 saturated carbocycles. The third-order valence-electron chi connectivity index (χ3n) is 6.26. The Bertz CT molecular complexity index is 458. The zero-order valence-electron chi connectivity index (χ0n) is 12.7. The fraction of sp³-hybridized carbons (Fsp3) is 0.824. The molecule has 1 atom stereocenters. The highest BCUT2D eigenvalue weighted by molar-refractivity contribution is 7.11. The highest BCUT2D eigenvalue weighted by Crippen LogP contribution is 2.61. The van der Waals surface area contributed by atoms with Crippen molar-refractivity contribution < 1.29 is 0 Å². The van der Waals surface area contributed by atoms with Gasteiger partial charge in [0, 0.05) is 23.7 Å². The molecule has 5 rings (SSSR count). The first-order chi connectivity index (χ1) is 9.63. The Balaban J connectivity index is 1.44. The molecule has 0 saturated heterocycles. The molecule has 0 aromatic carbocycles. The minimum Gasteiger partial charge on any atom is -0.309 e. The monoisotopic (exact) mass is 290 g/mol. The van der Waals surface area contributed by atoms with Crippen LogP contribution in [0.3, 0.4) is 0 Å². The van der Waals surface area contributed by atoms with Crippen LogP contribution >= 0.6 is 11.3 Å². The fourth-order valence-electron chi connectivity index (χ4n) is 5.67. The van der Waals surface area contributed by atoms with E-state index in [2.05, 4.69) is 24.1 Å². The molecule has 0 aliphatic heterocycles. The summed E-state index contributed by atoms with van der Waals surface area (Å²) in [6, 6.07) is 0.665. The molecule has 110 valence electrons. The second kappa shape index (κ2) is 4.81. The maximum atomic E-state index is 4.37. The molecule has 0 amide bonds. The first-order valence-electron chi connectivity index (χ1n) is 8.28. The summed E-state index contributed by atoms with van der Waals surface area (Å²) in [5, 5.41) is 5.02. The normalized spacial score (nSPS) is 40.2. The quantitative estimate of drug-likeness (QED) is 0.901. The van der Waals surface area contributed by atoms with Gasteiger partial charge in [-0.05, 0) is 75.5 Å². The molecule has 1 N–H and O–H groups in total. The van der Waals surface area contributed by atoms with E-state index < -0.39 is 0 Å². The van der Waals surface area contributed by atoms with Crippen LogP contribution in [0.25, 0.3) is 0 Å². The minimum atomic E-state index is 0.620. The predicted octanol–water partition coefficient (Wildman–Crippen LogP) is 4.15. The lowest BCUT2D eigenvalue weighted by atomic mass is 9.48. The zero-order chi connectivity index (χ0) is 13.7. The van der Waals surface area contributed by atoms with Crippen molar-refractivity contribution in [3.05, 3.63) is 16.1 Å². The van der Waals surface area contributed by atoms with Gasteiger partial charge in [0.05, 0.1) is 5.01 Å². The average Bonchev–Trinajstić information content (AvgIpc) is 2.80. The van der Waals surface area contributed by atoms with E-state index in [4.69, 9.17) is 0 Å². The van der Waals surface area contributed by atoms with E-state index in [9.17, 15) is 0 Å². The molecule has 1 aromatic heterocycles. The Labute approximate surface area is 126 Å². The molecule has 4 aliphatic rings.